The van der Waals surface area contributed by atoms with Crippen molar-refractivity contribution in [2.45, 2.75) is 38.2 Å². The second-order valence-electron chi connectivity index (χ2n) is 6.84. The van der Waals surface area contributed by atoms with Crippen LogP contribution >= 0.6 is 0 Å². The molecule has 0 radical (unpaired) electrons. The molecule has 1 heterocycles. The molecule has 27 heavy (non-hydrogen) atoms. The zero-order chi connectivity index (χ0) is 19.0. The van der Waals surface area contributed by atoms with Crippen molar-refractivity contribution in [3.8, 4) is 11.5 Å². The molecule has 6 heteroatoms. The number of alkyl carbamates (subject to hydrolysis) is 1. The Morgan fingerprint density at radius 3 is 2.78 bits per heavy atom. The van der Waals surface area contributed by atoms with E-state index in [0.717, 1.165) is 36.0 Å². The highest BCUT2D eigenvalue weighted by Crippen LogP contribution is 2.39. The Morgan fingerprint density at radius 1 is 1.22 bits per heavy atom. The molecule has 1 saturated heterocycles. The summed E-state index contributed by atoms with van der Waals surface area (Å²) in [6.07, 6.45) is 1.18. The first kappa shape index (κ1) is 17.1. The van der Waals surface area contributed by atoms with Crippen molar-refractivity contribution in [2.24, 2.45) is 0 Å². The highest BCUT2D eigenvalue weighted by atomic mass is 16.6. The Balaban J connectivity index is 1.59. The number of ether oxygens (including phenoxy) is 2. The highest BCUT2D eigenvalue weighted by molar-refractivity contribution is 6.00. The summed E-state index contributed by atoms with van der Waals surface area (Å²) in [5.74, 6) is 0.919. The molecular weight excluding hydrogens is 344 g/mol. The van der Waals surface area contributed by atoms with E-state index in [1.807, 2.05) is 25.1 Å². The molecule has 1 fully saturated rings. The number of amides is 2. The molecule has 136 valence electrons. The lowest BCUT2D eigenvalue weighted by Gasteiger charge is -2.28. The number of nitrogens with zero attached hydrogens (tertiary/aromatic N) is 1. The number of cyclic esters (lactones) is 1. The molecule has 2 atom stereocenters. The fraction of sp³-hybridized carbons (Fsp3) is 0.286. The van der Waals surface area contributed by atoms with E-state index in [1.165, 1.54) is 0 Å². The summed E-state index contributed by atoms with van der Waals surface area (Å²) < 4.78 is 11.2. The SMILES string of the molecule is [C-]#[N+]c1ccc(Oc2ccc3c(c2)CCC[C@H]3C2OC(=O)NC2=O)c(C)c1. The highest BCUT2D eigenvalue weighted by Gasteiger charge is 2.41. The minimum absolute atomic E-state index is 0.131. The lowest BCUT2D eigenvalue weighted by Crippen LogP contribution is -2.31. The van der Waals surface area contributed by atoms with E-state index in [1.54, 1.807) is 18.2 Å². The van der Waals surface area contributed by atoms with Gasteiger partial charge in [0.25, 0.3) is 5.91 Å². The van der Waals surface area contributed by atoms with Gasteiger partial charge in [0, 0.05) is 5.92 Å². The standard InChI is InChI=1S/C21H18N2O4/c1-12-10-14(22-2)6-9-18(12)26-15-7-8-16-13(11-15)4-3-5-17(16)19-20(24)23-21(25)27-19/h6-11,17,19H,3-5H2,1H3,(H,23,24,25)/t17-,19?/m1/s1. The first-order valence-corrected chi connectivity index (χ1v) is 8.85. The van der Waals surface area contributed by atoms with Crippen LogP contribution in [0.4, 0.5) is 10.5 Å². The third-order valence-electron chi connectivity index (χ3n) is 5.07. The third-order valence-corrected chi connectivity index (χ3v) is 5.07. The van der Waals surface area contributed by atoms with Gasteiger partial charge in [0.05, 0.1) is 6.57 Å². The lowest BCUT2D eigenvalue weighted by molar-refractivity contribution is -0.124. The number of aryl methyl sites for hydroxylation is 2. The number of imide groups is 1. The molecule has 2 amide bonds. The molecule has 0 bridgehead atoms. The Labute approximate surface area is 156 Å². The largest absolute Gasteiger partial charge is 0.457 e. The van der Waals surface area contributed by atoms with Crippen LogP contribution in [0.5, 0.6) is 11.5 Å². The maximum Gasteiger partial charge on any atom is 0.414 e. The molecule has 0 aromatic heterocycles. The number of benzene rings is 2. The van der Waals surface area contributed by atoms with Gasteiger partial charge in [0.2, 0.25) is 0 Å². The Bertz CT molecular complexity index is 977. The number of hydrogen-bond donors (Lipinski definition) is 1. The number of hydrogen-bond acceptors (Lipinski definition) is 4. The van der Waals surface area contributed by atoms with Crippen LogP contribution in [-0.2, 0) is 16.0 Å². The van der Waals surface area contributed by atoms with E-state index < -0.39 is 12.2 Å². The molecule has 1 aliphatic carbocycles. The summed E-state index contributed by atoms with van der Waals surface area (Å²) >= 11 is 0. The van der Waals surface area contributed by atoms with Gasteiger partial charge in [-0.2, -0.15) is 0 Å². The Hall–Kier alpha value is -3.33. The maximum absolute atomic E-state index is 12.0. The van der Waals surface area contributed by atoms with Crippen LogP contribution in [0.2, 0.25) is 0 Å². The van der Waals surface area contributed by atoms with Gasteiger partial charge in [-0.3, -0.25) is 10.1 Å². The fourth-order valence-electron chi connectivity index (χ4n) is 3.79. The van der Waals surface area contributed by atoms with Crippen molar-refractivity contribution >= 4 is 17.7 Å². The number of nitrogens with one attached hydrogen (secondary N) is 1. The van der Waals surface area contributed by atoms with Crippen LogP contribution in [0.25, 0.3) is 4.85 Å². The molecule has 1 N–H and O–H groups in total. The van der Waals surface area contributed by atoms with E-state index in [4.69, 9.17) is 16.0 Å². The van der Waals surface area contributed by atoms with Crippen molar-refractivity contribution in [1.82, 2.24) is 5.32 Å². The van der Waals surface area contributed by atoms with Crippen molar-refractivity contribution in [3.05, 3.63) is 64.5 Å². The van der Waals surface area contributed by atoms with Crippen LogP contribution in [0, 0.1) is 13.5 Å². The summed E-state index contributed by atoms with van der Waals surface area (Å²) in [6, 6.07) is 11.1. The van der Waals surface area contributed by atoms with Gasteiger partial charge in [0.1, 0.15) is 11.5 Å². The summed E-state index contributed by atoms with van der Waals surface area (Å²) in [7, 11) is 0. The second-order valence-corrected chi connectivity index (χ2v) is 6.84. The smallest absolute Gasteiger partial charge is 0.414 e. The Morgan fingerprint density at radius 2 is 2.07 bits per heavy atom. The quantitative estimate of drug-likeness (QED) is 0.822. The summed E-state index contributed by atoms with van der Waals surface area (Å²) in [4.78, 5) is 26.8. The van der Waals surface area contributed by atoms with Gasteiger partial charge in [-0.15, -0.1) is 0 Å². The van der Waals surface area contributed by atoms with Gasteiger partial charge < -0.3 is 9.47 Å². The van der Waals surface area contributed by atoms with Crippen LogP contribution in [0.1, 0.15) is 35.4 Å². The monoisotopic (exact) mass is 362 g/mol. The van der Waals surface area contributed by atoms with E-state index in [9.17, 15) is 9.59 Å². The molecule has 4 rings (SSSR count). The zero-order valence-corrected chi connectivity index (χ0v) is 14.8. The molecule has 2 aromatic carbocycles. The van der Waals surface area contributed by atoms with E-state index >= 15 is 0 Å². The van der Waals surface area contributed by atoms with E-state index in [0.29, 0.717) is 17.2 Å². The topological polar surface area (TPSA) is 69.0 Å². The van der Waals surface area contributed by atoms with Crippen LogP contribution in [0.15, 0.2) is 36.4 Å². The summed E-state index contributed by atoms with van der Waals surface area (Å²) in [5.41, 5.74) is 3.62. The first-order valence-electron chi connectivity index (χ1n) is 8.85. The van der Waals surface area contributed by atoms with Crippen molar-refractivity contribution in [3.63, 3.8) is 0 Å². The van der Waals surface area contributed by atoms with Crippen LogP contribution in [0.3, 0.4) is 0 Å². The molecule has 1 aliphatic heterocycles. The van der Waals surface area contributed by atoms with Gasteiger partial charge in [0.15, 0.2) is 11.8 Å². The minimum Gasteiger partial charge on any atom is -0.457 e. The van der Waals surface area contributed by atoms with Gasteiger partial charge in [-0.05, 0) is 67.1 Å². The van der Waals surface area contributed by atoms with E-state index in [-0.39, 0.29) is 11.8 Å². The molecule has 6 nitrogen and oxygen atoms in total. The van der Waals surface area contributed by atoms with E-state index in [2.05, 4.69) is 10.2 Å². The van der Waals surface area contributed by atoms with Crippen molar-refractivity contribution < 1.29 is 19.1 Å². The maximum atomic E-state index is 12.0. The predicted octanol–water partition coefficient (Wildman–Crippen LogP) is 4.39. The van der Waals surface area contributed by atoms with Crippen molar-refractivity contribution in [1.29, 1.82) is 0 Å². The molecule has 0 spiro atoms. The molecule has 0 saturated carbocycles. The third kappa shape index (κ3) is 3.24. The first-order chi connectivity index (χ1) is 13.0. The molecule has 2 aromatic rings. The van der Waals surface area contributed by atoms with Gasteiger partial charge in [-0.1, -0.05) is 12.1 Å². The zero-order valence-electron chi connectivity index (χ0n) is 14.8. The lowest BCUT2D eigenvalue weighted by atomic mass is 9.79. The minimum atomic E-state index is -0.758. The fourth-order valence-corrected chi connectivity index (χ4v) is 3.79. The second kappa shape index (κ2) is 6.76. The predicted molar refractivity (Wildman–Crippen MR) is 98.0 cm³/mol. The van der Waals surface area contributed by atoms with Crippen LogP contribution < -0.4 is 10.1 Å². The number of carbonyl (C=O) groups is 2. The van der Waals surface area contributed by atoms with Gasteiger partial charge in [-0.25, -0.2) is 9.64 Å². The molecule has 1 unspecified atom stereocenters. The van der Waals surface area contributed by atoms with Crippen LogP contribution in [-0.4, -0.2) is 18.1 Å². The van der Waals surface area contributed by atoms with Crippen molar-refractivity contribution in [2.75, 3.05) is 0 Å². The average molecular weight is 362 g/mol. The molecular formula is C21H18N2O4. The number of rotatable bonds is 3. The average Bonchev–Trinajstić information content (AvgIpc) is 3.00. The number of carbonyl (C=O) groups excluding carboxylic acids is 2. The van der Waals surface area contributed by atoms with Gasteiger partial charge >= 0.3 is 6.09 Å². The Kier molecular flexibility index (Phi) is 4.28. The molecule has 2 aliphatic rings. The summed E-state index contributed by atoms with van der Waals surface area (Å²) in [6.45, 7) is 8.99. The summed E-state index contributed by atoms with van der Waals surface area (Å²) in [5, 5.41) is 2.21. The number of fused-ring (bicyclic) bond motifs is 1. The normalized spacial score (nSPS) is 21.0.